The molecule has 0 aliphatic heterocycles. The van der Waals surface area contributed by atoms with E-state index < -0.39 is 78.1 Å². The van der Waals surface area contributed by atoms with Crippen LogP contribution in [0.1, 0.15) is 22.3 Å². The van der Waals surface area contributed by atoms with E-state index in [0.29, 0.717) is 0 Å². The van der Waals surface area contributed by atoms with E-state index in [1.165, 1.54) is 67.3 Å². The van der Waals surface area contributed by atoms with E-state index in [0.717, 1.165) is 37.6 Å². The van der Waals surface area contributed by atoms with Gasteiger partial charge in [0.05, 0.1) is 22.3 Å². The maximum atomic E-state index is 9.87. The van der Waals surface area contributed by atoms with Gasteiger partial charge in [-0.2, -0.15) is 27.4 Å². The van der Waals surface area contributed by atoms with E-state index in [4.69, 9.17) is 0 Å². The molecule has 0 saturated carbocycles. The molecule has 80 heteroatoms. The molecule has 10 aromatic rings. The Kier molecular flexibility index (Phi) is 32.1. The van der Waals surface area contributed by atoms with Crippen LogP contribution in [0.4, 0.5) is 252 Å². The number of hydrogen-bond donors (Lipinski definition) is 0. The van der Waals surface area contributed by atoms with E-state index in [9.17, 15) is 252 Å². The van der Waals surface area contributed by atoms with Crippen molar-refractivity contribution in [3.63, 3.8) is 0 Å². The number of rotatable bonds is 13. The zero-order valence-corrected chi connectivity index (χ0v) is 77.2. The van der Waals surface area contributed by atoms with Gasteiger partial charge >= 0.3 is 330 Å². The molecule has 0 unspecified atom stereocenters. The first-order chi connectivity index (χ1) is 58.6. The van der Waals surface area contributed by atoms with Crippen molar-refractivity contribution in [2.24, 2.45) is 42.3 Å². The quantitative estimate of drug-likeness (QED) is 0.0627. The molecule has 10 rings (SSSR count). The Morgan fingerprint density at radius 3 is 0.364 bits per heavy atom. The zero-order chi connectivity index (χ0) is 112. The van der Waals surface area contributed by atoms with Crippen LogP contribution >= 0.6 is 78.1 Å². The Bertz CT molecular complexity index is 5250. The van der Waals surface area contributed by atoms with Crippen molar-refractivity contribution < 1.29 is 297 Å². The summed E-state index contributed by atoms with van der Waals surface area (Å²) < 4.78 is 614. The van der Waals surface area contributed by atoms with Gasteiger partial charge in [0, 0.05) is 97.1 Å². The second-order valence-electron chi connectivity index (χ2n) is 28.1. The molecule has 10 aromatic heterocycles. The van der Waals surface area contributed by atoms with Gasteiger partial charge in [0.1, 0.15) is 42.3 Å². The summed E-state index contributed by atoms with van der Waals surface area (Å²) in [4.78, 5) is 0. The van der Waals surface area contributed by atoms with Crippen molar-refractivity contribution >= 4 is 78.1 Å². The molecular weight excluding hydrogens is 2310 g/mol. The summed E-state index contributed by atoms with van der Waals surface area (Å²) in [5.74, 6) is 0. The van der Waals surface area contributed by atoms with Gasteiger partial charge in [-0.3, -0.25) is 0 Å². The zero-order valence-electron chi connectivity index (χ0n) is 68.2. The molecule has 0 N–H and O–H groups in total. The molecule has 0 aromatic carbocycles. The second-order valence-corrected chi connectivity index (χ2v) is 47.3. The third-order valence-electron chi connectivity index (χ3n) is 13.4. The first-order valence-electron chi connectivity index (χ1n) is 34.1. The average Bonchev–Trinajstić information content (AvgIpc) is 0.809. The fourth-order valence-corrected chi connectivity index (χ4v) is 9.54. The maximum absolute atomic E-state index is 10.7. The van der Waals surface area contributed by atoms with Crippen LogP contribution in [0.15, 0.2) is 220 Å². The number of pyridine rings is 10. The molecule has 0 aliphatic rings. The van der Waals surface area contributed by atoms with Crippen LogP contribution in [0.5, 0.6) is 0 Å². The van der Waals surface area contributed by atoms with E-state index in [2.05, 4.69) is 308 Å². The van der Waals surface area contributed by atoms with Gasteiger partial charge in [-0.25, -0.2) is 18.3 Å². The molecule has 0 bridgehead atoms. The molecule has 0 atom stereocenters. The van der Waals surface area contributed by atoms with E-state index in [-0.39, 0.29) is 0 Å². The van der Waals surface area contributed by atoms with Gasteiger partial charge in [0.15, 0.2) is 113 Å². The summed E-state index contributed by atoms with van der Waals surface area (Å²) in [6.45, 7) is 3.19. The van der Waals surface area contributed by atoms with E-state index in [1.54, 1.807) is 0 Å². The molecule has 0 fully saturated rings. The molecule has 0 radical (unpaired) electrons. The van der Waals surface area contributed by atoms with Crippen molar-refractivity contribution in [3.05, 3.63) is 242 Å². The standard InChI is InChI=1S/C60H62N10.10F6P/c1-61-29-9-7-11-55(61)57-17-13-47(39-63(57)3)43-67-31-21-51(22-32-67)53-25-35-69(36-26-53)45-49-15-19-59(65(5)41-49)60-20-16-50(42-66(60)6)46-70-37-27-54(28-38-70)52-23-33-68(34-24-52)44-48-14-18-58(64(4)40-48)56-12-8-10-30-62(56)2;10*1-7(2,3,4,5)6/h7-42H,43-46H2,1-6H3;;;;;;;;;;/q+10;10*-1. The Morgan fingerprint density at radius 2 is 0.257 bits per heavy atom. The van der Waals surface area contributed by atoms with Gasteiger partial charge in [0.2, 0.25) is 0 Å². The summed E-state index contributed by atoms with van der Waals surface area (Å²) in [5, 5.41) is 0. The third-order valence-corrected chi connectivity index (χ3v) is 13.4. The predicted molar refractivity (Wildman–Crippen MR) is 399 cm³/mol. The fraction of sp³-hybridized carbons (Fsp3) is 0.167. The summed E-state index contributed by atoms with van der Waals surface area (Å²) in [6, 6.07) is 48.0. The Labute approximate surface area is 741 Å². The van der Waals surface area contributed by atoms with Gasteiger partial charge in [-0.15, -0.1) is 0 Å². The Hall–Kier alpha value is -8.40. The number of aryl methyl sites for hydroxylation is 6. The number of nitrogens with zero attached hydrogens (tertiary/aromatic N) is 10. The molecule has 0 amide bonds. The molecule has 0 saturated heterocycles. The number of hydrogen-bond acceptors (Lipinski definition) is 0. The molecule has 0 spiro atoms. The van der Waals surface area contributed by atoms with Crippen LogP contribution in [-0.4, -0.2) is 0 Å². The summed E-state index contributed by atoms with van der Waals surface area (Å²) >= 11 is 0. The van der Waals surface area contributed by atoms with E-state index >= 15 is 0 Å². The Morgan fingerprint density at radius 1 is 0.143 bits per heavy atom. The SMILES string of the molecule is C[n+]1ccccc1-c1ccc(C[n+]2ccc(-c3cc[n+](Cc4ccc(-c5ccc(C[n+]6ccc(-c7cc[n+](Cc8ccc(-c9cccc[n+]9C)[n+](C)c8)cc7)cc6)c[n+]5C)[n+](C)c4)cc3)cc2)c[n+]1C.F[P-](F)(F)(F)(F)F.F[P-](F)(F)(F)(F)F.F[P-](F)(F)(F)(F)F.F[P-](F)(F)(F)(F)F.F[P-](F)(F)(F)(F)F.F[P-](F)(F)(F)(F)F.F[P-](F)(F)(F)(F)F.F[P-](F)(F)(F)(F)F.F[P-](F)(F)(F)(F)F.F[P-](F)(F)(F)(F)F. The molecule has 822 valence electrons. The second kappa shape index (κ2) is 34.1. The first-order valence-corrected chi connectivity index (χ1v) is 54.3. The van der Waals surface area contributed by atoms with Gasteiger partial charge in [-0.1, -0.05) is 0 Å². The molecule has 10 heterocycles. The van der Waals surface area contributed by atoms with Gasteiger partial charge in [-0.05, 0) is 58.7 Å². The van der Waals surface area contributed by atoms with Crippen LogP contribution in [-0.2, 0) is 68.5 Å². The molecule has 140 heavy (non-hydrogen) atoms. The van der Waals surface area contributed by atoms with Crippen LogP contribution in [0.3, 0.4) is 0 Å². The van der Waals surface area contributed by atoms with Crippen molar-refractivity contribution in [2.45, 2.75) is 26.2 Å². The van der Waals surface area contributed by atoms with Crippen molar-refractivity contribution in [1.29, 1.82) is 0 Å². The van der Waals surface area contributed by atoms with Gasteiger partial charge < -0.3 is 0 Å². The van der Waals surface area contributed by atoms with Crippen LogP contribution in [0, 0.1) is 0 Å². The molecule has 0 aliphatic carbocycles. The number of aromatic nitrogens is 10. The average molecular weight is 2370 g/mol. The minimum atomic E-state index is -10.7. The van der Waals surface area contributed by atoms with Gasteiger partial charge in [0.25, 0.3) is 34.2 Å². The minimum absolute atomic E-state index is 0.788. The first kappa shape index (κ1) is 132. The van der Waals surface area contributed by atoms with Crippen LogP contribution < -0.4 is 45.7 Å². The van der Waals surface area contributed by atoms with Crippen molar-refractivity contribution in [2.75, 3.05) is 0 Å². The normalized spacial score (nSPS) is 17.2. The topological polar surface area (TPSA) is 38.8 Å². The predicted octanol–water partition coefficient (Wildman–Crippen LogP) is 38.1. The van der Waals surface area contributed by atoms with Crippen LogP contribution in [0.2, 0.25) is 0 Å². The number of halogens is 60. The third kappa shape index (κ3) is 107. The molecule has 10 nitrogen and oxygen atoms in total. The molecular formula is C60H62F60N10P10. The summed E-state index contributed by atoms with van der Waals surface area (Å²) in [7, 11) is -93.9. The monoisotopic (exact) mass is 2370 g/mol. The van der Waals surface area contributed by atoms with Crippen molar-refractivity contribution in [1.82, 2.24) is 0 Å². The van der Waals surface area contributed by atoms with Crippen LogP contribution in [0.25, 0.3) is 56.4 Å². The fourth-order valence-electron chi connectivity index (χ4n) is 9.54. The van der Waals surface area contributed by atoms with E-state index in [1.807, 2.05) is 0 Å². The summed E-state index contributed by atoms with van der Waals surface area (Å²) in [6.07, 6.45) is 30.5. The van der Waals surface area contributed by atoms with Crippen molar-refractivity contribution in [3.8, 4) is 56.4 Å². The Balaban J connectivity index is 0.00000220. The summed E-state index contributed by atoms with van der Waals surface area (Å²) in [5.41, 5.74) is 16.9.